The summed E-state index contributed by atoms with van der Waals surface area (Å²) in [4.78, 5) is 0. The number of aryl methyl sites for hydroxylation is 1. The van der Waals surface area contributed by atoms with E-state index in [0.717, 1.165) is 11.8 Å². The maximum absolute atomic E-state index is 4.54. The first-order valence-corrected chi connectivity index (χ1v) is 7.29. The van der Waals surface area contributed by atoms with Crippen LogP contribution in [-0.4, -0.2) is 9.78 Å². The van der Waals surface area contributed by atoms with Crippen molar-refractivity contribution in [1.29, 1.82) is 0 Å². The van der Waals surface area contributed by atoms with Crippen molar-refractivity contribution in [2.45, 2.75) is 65.2 Å². The Bertz CT molecular complexity index is 304. The first-order valence-electron chi connectivity index (χ1n) is 7.29. The largest absolute Gasteiger partial charge is 0.276 e. The Hall–Kier alpha value is -0.790. The molecule has 0 radical (unpaired) electrons. The summed E-state index contributed by atoms with van der Waals surface area (Å²) in [5.41, 5.74) is 1.31. The number of rotatable bonds is 2. The van der Waals surface area contributed by atoms with E-state index in [1.165, 1.54) is 44.2 Å². The molecule has 98 valence electrons. The van der Waals surface area contributed by atoms with Crippen molar-refractivity contribution >= 4 is 0 Å². The van der Waals surface area contributed by atoms with Crippen molar-refractivity contribution in [1.82, 2.24) is 9.78 Å². The predicted molar refractivity (Wildman–Crippen MR) is 74.2 cm³/mol. The quantitative estimate of drug-likeness (QED) is 0.690. The van der Waals surface area contributed by atoms with E-state index in [9.17, 15) is 0 Å². The van der Waals surface area contributed by atoms with Crippen LogP contribution in [0.15, 0.2) is 12.3 Å². The lowest BCUT2D eigenvalue weighted by molar-refractivity contribution is 0.442. The van der Waals surface area contributed by atoms with E-state index in [1.54, 1.807) is 0 Å². The van der Waals surface area contributed by atoms with Crippen molar-refractivity contribution in [3.05, 3.63) is 18.0 Å². The van der Waals surface area contributed by atoms with Crippen molar-refractivity contribution in [3.8, 4) is 0 Å². The molecule has 0 N–H and O–H groups in total. The third kappa shape index (κ3) is 4.18. The fraction of sp³-hybridized carbons (Fsp3) is 0.800. The molecule has 1 aromatic rings. The van der Waals surface area contributed by atoms with Crippen LogP contribution in [0, 0.1) is 5.92 Å². The molecule has 1 fully saturated rings. The van der Waals surface area contributed by atoms with Crippen molar-refractivity contribution < 1.29 is 0 Å². The van der Waals surface area contributed by atoms with Crippen LogP contribution in [0.2, 0.25) is 0 Å². The Balaban J connectivity index is 0.000000686. The Morgan fingerprint density at radius 2 is 2.00 bits per heavy atom. The minimum atomic E-state index is 0.725. The summed E-state index contributed by atoms with van der Waals surface area (Å²) in [7, 11) is 2.01. The highest BCUT2D eigenvalue weighted by molar-refractivity contribution is 5.06. The van der Waals surface area contributed by atoms with Gasteiger partial charge in [0.15, 0.2) is 0 Å². The molecule has 2 atom stereocenters. The average Bonchev–Trinajstić information content (AvgIpc) is 2.67. The minimum Gasteiger partial charge on any atom is -0.276 e. The summed E-state index contributed by atoms with van der Waals surface area (Å²) in [5.74, 6) is 1.70. The first kappa shape index (κ1) is 14.3. The molecule has 0 aromatic carbocycles. The predicted octanol–water partition coefficient (Wildman–Crippen LogP) is 4.52. The topological polar surface area (TPSA) is 17.8 Å². The standard InChI is InChI=1S/C13H22N2.C2H6/c1-3-11-5-4-6-12(8-7-11)13-9-10-15(2)14-13;1-2/h9-12H,3-8H2,1-2H3;1-2H3. The Labute approximate surface area is 106 Å². The van der Waals surface area contributed by atoms with Gasteiger partial charge in [-0.2, -0.15) is 5.10 Å². The SMILES string of the molecule is CC.CCC1CCCC(c2ccn(C)n2)CC1. The van der Waals surface area contributed by atoms with Gasteiger partial charge in [0.1, 0.15) is 0 Å². The van der Waals surface area contributed by atoms with Crippen LogP contribution in [-0.2, 0) is 7.05 Å². The zero-order chi connectivity index (χ0) is 12.7. The molecule has 17 heavy (non-hydrogen) atoms. The summed E-state index contributed by atoms with van der Waals surface area (Å²) in [5, 5.41) is 4.54. The van der Waals surface area contributed by atoms with Gasteiger partial charge in [-0.1, -0.05) is 40.0 Å². The average molecular weight is 236 g/mol. The lowest BCUT2D eigenvalue weighted by Gasteiger charge is -2.11. The van der Waals surface area contributed by atoms with Crippen molar-refractivity contribution in [3.63, 3.8) is 0 Å². The summed E-state index contributed by atoms with van der Waals surface area (Å²) >= 11 is 0. The zero-order valence-electron chi connectivity index (χ0n) is 11.9. The van der Waals surface area contributed by atoms with Crippen molar-refractivity contribution in [2.24, 2.45) is 13.0 Å². The molecule has 0 saturated heterocycles. The Kier molecular flexibility index (Phi) is 6.31. The fourth-order valence-corrected chi connectivity index (χ4v) is 2.73. The number of nitrogens with zero attached hydrogens (tertiary/aromatic N) is 2. The second kappa shape index (κ2) is 7.52. The molecule has 1 heterocycles. The number of hydrogen-bond donors (Lipinski definition) is 0. The van der Waals surface area contributed by atoms with Crippen LogP contribution in [0.4, 0.5) is 0 Å². The van der Waals surface area contributed by atoms with E-state index in [0.29, 0.717) is 0 Å². The lowest BCUT2D eigenvalue weighted by Crippen LogP contribution is -2.00. The molecule has 0 bridgehead atoms. The van der Waals surface area contributed by atoms with Gasteiger partial charge < -0.3 is 0 Å². The summed E-state index contributed by atoms with van der Waals surface area (Å²) in [6.07, 6.45) is 10.3. The molecule has 2 heteroatoms. The fourth-order valence-electron chi connectivity index (χ4n) is 2.73. The molecule has 0 aliphatic heterocycles. The van der Waals surface area contributed by atoms with Gasteiger partial charge in [0.25, 0.3) is 0 Å². The van der Waals surface area contributed by atoms with Crippen LogP contribution in [0.5, 0.6) is 0 Å². The molecular weight excluding hydrogens is 208 g/mol. The molecule has 0 spiro atoms. The van der Waals surface area contributed by atoms with Gasteiger partial charge in [0.05, 0.1) is 5.69 Å². The Morgan fingerprint density at radius 3 is 2.59 bits per heavy atom. The minimum absolute atomic E-state index is 0.725. The molecule has 2 nitrogen and oxygen atoms in total. The van der Waals surface area contributed by atoms with Crippen LogP contribution < -0.4 is 0 Å². The van der Waals surface area contributed by atoms with E-state index in [1.807, 2.05) is 25.6 Å². The second-order valence-corrected chi connectivity index (χ2v) is 4.89. The first-order chi connectivity index (χ1) is 8.29. The van der Waals surface area contributed by atoms with Crippen LogP contribution in [0.1, 0.15) is 70.9 Å². The van der Waals surface area contributed by atoms with Gasteiger partial charge in [-0.05, 0) is 31.2 Å². The summed E-state index contributed by atoms with van der Waals surface area (Å²) in [6.45, 7) is 6.33. The monoisotopic (exact) mass is 236 g/mol. The molecule has 1 saturated carbocycles. The highest BCUT2D eigenvalue weighted by Crippen LogP contribution is 2.34. The van der Waals surface area contributed by atoms with E-state index in [4.69, 9.17) is 0 Å². The van der Waals surface area contributed by atoms with Gasteiger partial charge in [0.2, 0.25) is 0 Å². The number of hydrogen-bond acceptors (Lipinski definition) is 1. The van der Waals surface area contributed by atoms with E-state index in [-0.39, 0.29) is 0 Å². The van der Waals surface area contributed by atoms with Gasteiger partial charge in [-0.3, -0.25) is 4.68 Å². The molecule has 2 rings (SSSR count). The maximum Gasteiger partial charge on any atom is 0.0655 e. The van der Waals surface area contributed by atoms with E-state index >= 15 is 0 Å². The van der Waals surface area contributed by atoms with Crippen LogP contribution >= 0.6 is 0 Å². The second-order valence-electron chi connectivity index (χ2n) is 4.89. The van der Waals surface area contributed by atoms with E-state index in [2.05, 4.69) is 24.3 Å². The molecular formula is C15H28N2. The number of aromatic nitrogens is 2. The summed E-state index contributed by atoms with van der Waals surface area (Å²) < 4.78 is 1.93. The molecule has 1 aliphatic carbocycles. The van der Waals surface area contributed by atoms with Gasteiger partial charge in [-0.25, -0.2) is 0 Å². The van der Waals surface area contributed by atoms with Crippen LogP contribution in [0.3, 0.4) is 0 Å². The van der Waals surface area contributed by atoms with Crippen LogP contribution in [0.25, 0.3) is 0 Å². The third-order valence-corrected chi connectivity index (χ3v) is 3.82. The maximum atomic E-state index is 4.54. The Morgan fingerprint density at radius 1 is 1.24 bits per heavy atom. The summed E-state index contributed by atoms with van der Waals surface area (Å²) in [6, 6.07) is 2.19. The molecule has 2 unspecified atom stereocenters. The van der Waals surface area contributed by atoms with Gasteiger partial charge in [0, 0.05) is 19.2 Å². The van der Waals surface area contributed by atoms with Gasteiger partial charge >= 0.3 is 0 Å². The zero-order valence-corrected chi connectivity index (χ0v) is 11.9. The molecule has 1 aromatic heterocycles. The smallest absolute Gasteiger partial charge is 0.0655 e. The lowest BCUT2D eigenvalue weighted by atomic mass is 9.95. The highest BCUT2D eigenvalue weighted by atomic mass is 15.2. The van der Waals surface area contributed by atoms with Gasteiger partial charge in [-0.15, -0.1) is 0 Å². The highest BCUT2D eigenvalue weighted by Gasteiger charge is 2.20. The normalized spacial score (nSPS) is 24.7. The molecule has 1 aliphatic rings. The van der Waals surface area contributed by atoms with E-state index < -0.39 is 0 Å². The molecule has 0 amide bonds. The third-order valence-electron chi connectivity index (χ3n) is 3.82. The van der Waals surface area contributed by atoms with Crippen molar-refractivity contribution in [2.75, 3.05) is 0 Å².